The minimum Gasteiger partial charge on any atom is -0.393 e. The Hall–Kier alpha value is -2.19. The highest BCUT2D eigenvalue weighted by atomic mass is 16.5. The number of anilines is 2. The van der Waals surface area contributed by atoms with Gasteiger partial charge < -0.3 is 20.5 Å². The van der Waals surface area contributed by atoms with Crippen molar-refractivity contribution in [2.24, 2.45) is 0 Å². The molecule has 2 aliphatic rings. The van der Waals surface area contributed by atoms with E-state index in [-0.39, 0.29) is 24.9 Å². The van der Waals surface area contributed by atoms with E-state index in [1.165, 1.54) is 0 Å². The van der Waals surface area contributed by atoms with Gasteiger partial charge in [0, 0.05) is 13.1 Å². The zero-order valence-corrected chi connectivity index (χ0v) is 12.1. The van der Waals surface area contributed by atoms with Crippen LogP contribution in [0.15, 0.2) is 18.5 Å². The maximum atomic E-state index is 9.17. The molecule has 3 N–H and O–H groups in total. The lowest BCUT2D eigenvalue weighted by atomic mass is 10.4. The molecule has 0 unspecified atom stereocenters. The van der Waals surface area contributed by atoms with Crippen molar-refractivity contribution in [3.63, 3.8) is 0 Å². The predicted octanol–water partition coefficient (Wildman–Crippen LogP) is 0.455. The van der Waals surface area contributed by atoms with Gasteiger partial charge in [0.2, 0.25) is 5.95 Å². The van der Waals surface area contributed by atoms with Crippen LogP contribution >= 0.6 is 0 Å². The summed E-state index contributed by atoms with van der Waals surface area (Å²) in [6.07, 6.45) is 7.09. The molecular formula is C14H18N6O2. The summed E-state index contributed by atoms with van der Waals surface area (Å²) in [6.45, 7) is 1.88. The third kappa shape index (κ3) is 2.11. The Morgan fingerprint density at radius 2 is 2.09 bits per heavy atom. The smallest absolute Gasteiger partial charge is 0.224 e. The van der Waals surface area contributed by atoms with Crippen LogP contribution in [0.25, 0.3) is 11.2 Å². The van der Waals surface area contributed by atoms with Gasteiger partial charge in [0.15, 0.2) is 23.2 Å². The first kappa shape index (κ1) is 13.5. The van der Waals surface area contributed by atoms with E-state index in [0.29, 0.717) is 5.65 Å². The van der Waals surface area contributed by atoms with Crippen LogP contribution in [-0.4, -0.2) is 50.4 Å². The van der Waals surface area contributed by atoms with Gasteiger partial charge in [-0.2, -0.15) is 9.97 Å². The number of ether oxygens (including phenoxy) is 1. The van der Waals surface area contributed by atoms with Crippen molar-refractivity contribution in [3.05, 3.63) is 18.5 Å². The molecule has 116 valence electrons. The fourth-order valence-electron chi connectivity index (χ4n) is 3.00. The molecule has 2 aromatic rings. The highest BCUT2D eigenvalue weighted by Crippen LogP contribution is 2.30. The molecule has 0 radical (unpaired) electrons. The van der Waals surface area contributed by atoms with Gasteiger partial charge in [-0.05, 0) is 18.9 Å². The van der Waals surface area contributed by atoms with Gasteiger partial charge in [-0.15, -0.1) is 0 Å². The summed E-state index contributed by atoms with van der Waals surface area (Å²) in [7, 11) is 0. The molecule has 0 aliphatic carbocycles. The van der Waals surface area contributed by atoms with E-state index in [4.69, 9.17) is 10.5 Å². The maximum Gasteiger partial charge on any atom is 0.224 e. The number of rotatable bonds is 3. The molecule has 0 aromatic carbocycles. The minimum atomic E-state index is -0.331. The average Bonchev–Trinajstić information content (AvgIpc) is 3.25. The normalized spacial score (nSPS) is 24.7. The van der Waals surface area contributed by atoms with E-state index in [0.717, 1.165) is 37.3 Å². The van der Waals surface area contributed by atoms with Crippen LogP contribution in [0, 0.1) is 0 Å². The Labute approximate surface area is 127 Å². The summed E-state index contributed by atoms with van der Waals surface area (Å²) in [5, 5.41) is 9.17. The van der Waals surface area contributed by atoms with Crippen LogP contribution in [0.1, 0.15) is 19.1 Å². The van der Waals surface area contributed by atoms with E-state index in [2.05, 4.69) is 19.9 Å². The molecule has 2 aliphatic heterocycles. The Kier molecular flexibility index (Phi) is 3.20. The summed E-state index contributed by atoms with van der Waals surface area (Å²) < 4.78 is 7.53. The fraction of sp³-hybridized carbons (Fsp3) is 0.500. The molecule has 1 saturated heterocycles. The summed E-state index contributed by atoms with van der Waals surface area (Å²) >= 11 is 0. The number of nitrogen functional groups attached to an aromatic ring is 1. The van der Waals surface area contributed by atoms with Crippen LogP contribution in [0.5, 0.6) is 0 Å². The maximum absolute atomic E-state index is 9.17. The monoisotopic (exact) mass is 302 g/mol. The van der Waals surface area contributed by atoms with Gasteiger partial charge in [0.1, 0.15) is 6.10 Å². The van der Waals surface area contributed by atoms with E-state index in [1.54, 1.807) is 6.33 Å². The first-order valence-electron chi connectivity index (χ1n) is 7.46. The molecule has 8 nitrogen and oxygen atoms in total. The molecule has 1 fully saturated rings. The third-order valence-electron chi connectivity index (χ3n) is 4.08. The molecular weight excluding hydrogens is 284 g/mol. The first-order chi connectivity index (χ1) is 10.8. The van der Waals surface area contributed by atoms with E-state index < -0.39 is 0 Å². The molecule has 2 atom stereocenters. The van der Waals surface area contributed by atoms with E-state index in [9.17, 15) is 5.11 Å². The van der Waals surface area contributed by atoms with Crippen molar-refractivity contribution < 1.29 is 9.84 Å². The number of imidazole rings is 1. The fourth-order valence-corrected chi connectivity index (χ4v) is 3.00. The van der Waals surface area contributed by atoms with Crippen molar-refractivity contribution in [1.29, 1.82) is 0 Å². The van der Waals surface area contributed by atoms with Crippen molar-refractivity contribution in [3.8, 4) is 0 Å². The second kappa shape index (κ2) is 5.22. The van der Waals surface area contributed by atoms with E-state index >= 15 is 0 Å². The highest BCUT2D eigenvalue weighted by Gasteiger charge is 2.25. The SMILES string of the molecule is Nc1nc(N2CCCC2)c2ncn([C@H]3C=C[C@@H](CO)O3)c2n1. The van der Waals surface area contributed by atoms with Crippen molar-refractivity contribution in [2.45, 2.75) is 25.2 Å². The second-order valence-electron chi connectivity index (χ2n) is 5.56. The standard InChI is InChI=1S/C14H18N6O2/c15-14-17-12(19-5-1-2-6-19)11-13(18-14)20(8-16-11)10-4-3-9(7-21)22-10/h3-4,8-10,21H,1-2,5-7H2,(H2,15,17,18)/t9-,10+/m0/s1. The molecule has 0 amide bonds. The van der Waals surface area contributed by atoms with Gasteiger partial charge in [0.05, 0.1) is 12.9 Å². The van der Waals surface area contributed by atoms with Crippen molar-refractivity contribution in [2.75, 3.05) is 30.3 Å². The quantitative estimate of drug-likeness (QED) is 0.794. The molecule has 2 aromatic heterocycles. The number of aliphatic hydroxyl groups excluding tert-OH is 1. The number of hydrogen-bond acceptors (Lipinski definition) is 7. The van der Waals surface area contributed by atoms with Crippen LogP contribution in [0.4, 0.5) is 11.8 Å². The van der Waals surface area contributed by atoms with Crippen LogP contribution in [0.3, 0.4) is 0 Å². The number of nitrogens with two attached hydrogens (primary N) is 1. The van der Waals surface area contributed by atoms with Gasteiger partial charge in [-0.25, -0.2) is 4.98 Å². The second-order valence-corrected chi connectivity index (χ2v) is 5.56. The minimum absolute atomic E-state index is 0.0459. The van der Waals surface area contributed by atoms with Crippen molar-refractivity contribution in [1.82, 2.24) is 19.5 Å². The lowest BCUT2D eigenvalue weighted by molar-refractivity contribution is -0.00638. The van der Waals surface area contributed by atoms with Crippen LogP contribution in [-0.2, 0) is 4.74 Å². The number of aromatic nitrogens is 4. The van der Waals surface area contributed by atoms with Gasteiger partial charge in [0.25, 0.3) is 0 Å². The van der Waals surface area contributed by atoms with Gasteiger partial charge in [-0.3, -0.25) is 4.57 Å². The Bertz CT molecular complexity index is 721. The summed E-state index contributed by atoms with van der Waals surface area (Å²) in [5.74, 6) is 1.02. The van der Waals surface area contributed by atoms with Gasteiger partial charge >= 0.3 is 0 Å². The van der Waals surface area contributed by atoms with E-state index in [1.807, 2.05) is 16.7 Å². The Morgan fingerprint density at radius 1 is 1.27 bits per heavy atom. The third-order valence-corrected chi connectivity index (χ3v) is 4.08. The number of aliphatic hydroxyl groups is 1. The average molecular weight is 302 g/mol. The lowest BCUT2D eigenvalue weighted by Crippen LogP contribution is -2.20. The summed E-state index contributed by atoms with van der Waals surface area (Å²) in [4.78, 5) is 15.4. The predicted molar refractivity (Wildman–Crippen MR) is 81.3 cm³/mol. The molecule has 8 heteroatoms. The topological polar surface area (TPSA) is 102 Å². The van der Waals surface area contributed by atoms with Crippen LogP contribution < -0.4 is 10.6 Å². The Morgan fingerprint density at radius 3 is 2.82 bits per heavy atom. The number of hydrogen-bond donors (Lipinski definition) is 2. The molecule has 0 spiro atoms. The first-order valence-corrected chi connectivity index (χ1v) is 7.46. The van der Waals surface area contributed by atoms with Crippen LogP contribution in [0.2, 0.25) is 0 Å². The molecule has 22 heavy (non-hydrogen) atoms. The largest absolute Gasteiger partial charge is 0.393 e. The van der Waals surface area contributed by atoms with Gasteiger partial charge in [-0.1, -0.05) is 6.08 Å². The molecule has 4 heterocycles. The highest BCUT2D eigenvalue weighted by molar-refractivity contribution is 5.85. The molecule has 0 saturated carbocycles. The zero-order chi connectivity index (χ0) is 15.1. The zero-order valence-electron chi connectivity index (χ0n) is 12.1. The molecule has 0 bridgehead atoms. The lowest BCUT2D eigenvalue weighted by Gasteiger charge is -2.17. The van der Waals surface area contributed by atoms with Crippen molar-refractivity contribution >= 4 is 22.9 Å². The Balaban J connectivity index is 1.77. The summed E-state index contributed by atoms with van der Waals surface area (Å²) in [5.41, 5.74) is 7.28. The molecule has 4 rings (SSSR count). The number of fused-ring (bicyclic) bond motifs is 1. The number of nitrogens with zero attached hydrogens (tertiary/aromatic N) is 5. The summed E-state index contributed by atoms with van der Waals surface area (Å²) in [6, 6.07) is 0.